The molecule has 0 radical (unpaired) electrons. The van der Waals surface area contributed by atoms with Gasteiger partial charge < -0.3 is 15.0 Å². The lowest BCUT2D eigenvalue weighted by atomic mass is 9.99. The van der Waals surface area contributed by atoms with Gasteiger partial charge >= 0.3 is 0 Å². The van der Waals surface area contributed by atoms with Crippen molar-refractivity contribution in [1.29, 1.82) is 0 Å². The van der Waals surface area contributed by atoms with Gasteiger partial charge in [0.05, 0.1) is 28.8 Å². The smallest absolute Gasteiger partial charge is 0.253 e. The molecule has 172 valence electrons. The molecule has 1 fully saturated rings. The van der Waals surface area contributed by atoms with Crippen molar-refractivity contribution in [2.24, 2.45) is 0 Å². The molecule has 2 heterocycles. The minimum Gasteiger partial charge on any atom is -0.379 e. The van der Waals surface area contributed by atoms with Crippen molar-refractivity contribution in [3.05, 3.63) is 57.1 Å². The van der Waals surface area contributed by atoms with Crippen LogP contribution in [0.4, 0.5) is 5.69 Å². The Balaban J connectivity index is 1.53. The molecule has 1 amide bonds. The summed E-state index contributed by atoms with van der Waals surface area (Å²) in [6.45, 7) is 2.43. The third kappa shape index (κ3) is 4.75. The van der Waals surface area contributed by atoms with Crippen molar-refractivity contribution in [1.82, 2.24) is 9.62 Å². The first-order chi connectivity index (χ1) is 15.3. The average molecular weight is 498 g/mol. The second kappa shape index (κ2) is 9.57. The lowest BCUT2D eigenvalue weighted by Gasteiger charge is -2.28. The van der Waals surface area contributed by atoms with Crippen molar-refractivity contribution >= 4 is 44.8 Å². The number of hydrogen-bond acceptors (Lipinski definition) is 5. The third-order valence-corrected chi connectivity index (χ3v) is 8.48. The highest BCUT2D eigenvalue weighted by atomic mass is 35.5. The zero-order chi connectivity index (χ0) is 22.9. The number of halogens is 2. The number of nitrogens with one attached hydrogen (secondary N) is 1. The van der Waals surface area contributed by atoms with Gasteiger partial charge in [-0.3, -0.25) is 4.79 Å². The van der Waals surface area contributed by atoms with Crippen molar-refractivity contribution in [3.63, 3.8) is 0 Å². The summed E-state index contributed by atoms with van der Waals surface area (Å²) in [4.78, 5) is 15.0. The normalized spacial score (nSPS) is 17.2. The molecule has 0 bridgehead atoms. The number of morpholine rings is 1. The van der Waals surface area contributed by atoms with Crippen LogP contribution in [0.15, 0.2) is 35.2 Å². The second-order valence-corrected chi connectivity index (χ2v) is 10.7. The van der Waals surface area contributed by atoms with Gasteiger partial charge in [-0.1, -0.05) is 35.3 Å². The Kier molecular flexibility index (Phi) is 6.97. The van der Waals surface area contributed by atoms with E-state index in [0.29, 0.717) is 19.8 Å². The number of carbonyl (C=O) groups excluding carboxylic acids is 1. The molecule has 2 aliphatic rings. The zero-order valence-electron chi connectivity index (χ0n) is 17.7. The number of hydrogen-bond donors (Lipinski definition) is 1. The summed E-state index contributed by atoms with van der Waals surface area (Å²) in [6, 6.07) is 8.72. The van der Waals surface area contributed by atoms with Gasteiger partial charge in [0.25, 0.3) is 5.91 Å². The van der Waals surface area contributed by atoms with Crippen LogP contribution in [-0.2, 0) is 27.7 Å². The summed E-state index contributed by atoms with van der Waals surface area (Å²) < 4.78 is 32.6. The van der Waals surface area contributed by atoms with Gasteiger partial charge in [0.1, 0.15) is 4.90 Å². The Bertz CT molecular complexity index is 1130. The van der Waals surface area contributed by atoms with Crippen molar-refractivity contribution in [2.75, 3.05) is 44.8 Å². The molecule has 2 aromatic carbocycles. The minimum atomic E-state index is -3.87. The van der Waals surface area contributed by atoms with Gasteiger partial charge in [0.2, 0.25) is 10.0 Å². The van der Waals surface area contributed by atoms with Crippen LogP contribution in [0.3, 0.4) is 0 Å². The lowest BCUT2D eigenvalue weighted by Crippen LogP contribution is -2.40. The second-order valence-electron chi connectivity index (χ2n) is 7.95. The molecule has 2 aromatic rings. The predicted octanol–water partition coefficient (Wildman–Crippen LogP) is 3.33. The molecule has 1 N–H and O–H groups in total. The third-order valence-electron chi connectivity index (χ3n) is 5.80. The monoisotopic (exact) mass is 497 g/mol. The highest BCUT2D eigenvalue weighted by molar-refractivity contribution is 7.89. The summed E-state index contributed by atoms with van der Waals surface area (Å²) in [5.41, 5.74) is 3.51. The van der Waals surface area contributed by atoms with E-state index in [4.69, 9.17) is 27.9 Å². The molecule has 0 saturated carbocycles. The van der Waals surface area contributed by atoms with Crippen LogP contribution in [0.5, 0.6) is 0 Å². The molecule has 10 heteroatoms. The number of anilines is 1. The number of nitrogens with zero attached hydrogens (tertiary/aromatic N) is 2. The van der Waals surface area contributed by atoms with Gasteiger partial charge in [-0.05, 0) is 42.2 Å². The molecule has 4 rings (SSSR count). The highest BCUT2D eigenvalue weighted by Crippen LogP contribution is 2.31. The van der Waals surface area contributed by atoms with E-state index in [-0.39, 0.29) is 33.6 Å². The maximum absolute atomic E-state index is 13.0. The highest BCUT2D eigenvalue weighted by Gasteiger charge is 2.30. The van der Waals surface area contributed by atoms with E-state index in [1.165, 1.54) is 27.7 Å². The Labute approximate surface area is 198 Å². The number of ether oxygens (including phenoxy) is 1. The van der Waals surface area contributed by atoms with Crippen LogP contribution >= 0.6 is 23.2 Å². The number of carbonyl (C=O) groups is 1. The van der Waals surface area contributed by atoms with Crippen LogP contribution in [0.25, 0.3) is 0 Å². The van der Waals surface area contributed by atoms with Crippen molar-refractivity contribution in [3.8, 4) is 0 Å². The van der Waals surface area contributed by atoms with Gasteiger partial charge in [0, 0.05) is 38.9 Å². The maximum Gasteiger partial charge on any atom is 0.253 e. The fourth-order valence-electron chi connectivity index (χ4n) is 4.05. The largest absolute Gasteiger partial charge is 0.379 e. The summed E-state index contributed by atoms with van der Waals surface area (Å²) in [6.07, 6.45) is 2.10. The van der Waals surface area contributed by atoms with E-state index in [0.717, 1.165) is 24.9 Å². The van der Waals surface area contributed by atoms with Gasteiger partial charge in [-0.2, -0.15) is 4.31 Å². The number of benzene rings is 2. The molecule has 0 spiro atoms. The lowest BCUT2D eigenvalue weighted by molar-refractivity contribution is 0.0730. The van der Waals surface area contributed by atoms with E-state index >= 15 is 0 Å². The maximum atomic E-state index is 13.0. The molecule has 7 nitrogen and oxygen atoms in total. The topological polar surface area (TPSA) is 79.0 Å². The zero-order valence-corrected chi connectivity index (χ0v) is 20.1. The average Bonchev–Trinajstić information content (AvgIpc) is 2.78. The first-order valence-electron chi connectivity index (χ1n) is 10.5. The predicted molar refractivity (Wildman–Crippen MR) is 125 cm³/mol. The van der Waals surface area contributed by atoms with Crippen LogP contribution in [-0.4, -0.2) is 58.5 Å². The Hall–Kier alpha value is -1.84. The van der Waals surface area contributed by atoms with Crippen LogP contribution in [0, 0.1) is 0 Å². The molecule has 1 saturated heterocycles. The standard InChI is InChI=1S/C22H25Cl2N3O4S/c1-26-6-2-3-16-11-15(4-5-20(16)26)14-25-22(28)17-12-21(19(24)13-18(17)23)32(29,30)27-7-9-31-10-8-27/h4-5,11-13H,2-3,6-10,14H2,1H3,(H,25,28). The Morgan fingerprint density at radius 1 is 1.09 bits per heavy atom. The number of rotatable bonds is 5. The van der Waals surface area contributed by atoms with Crippen LogP contribution in [0.1, 0.15) is 27.9 Å². The summed E-state index contributed by atoms with van der Waals surface area (Å²) >= 11 is 12.5. The number of amides is 1. The van der Waals surface area contributed by atoms with Crippen molar-refractivity contribution < 1.29 is 17.9 Å². The molecule has 0 unspecified atom stereocenters. The van der Waals surface area contributed by atoms with E-state index in [9.17, 15) is 13.2 Å². The summed E-state index contributed by atoms with van der Waals surface area (Å²) in [5.74, 6) is -0.458. The fraction of sp³-hybridized carbons (Fsp3) is 0.409. The van der Waals surface area contributed by atoms with E-state index in [1.807, 2.05) is 6.07 Å². The van der Waals surface area contributed by atoms with Crippen LogP contribution in [0.2, 0.25) is 10.0 Å². The molecular weight excluding hydrogens is 473 g/mol. The van der Waals surface area contributed by atoms with E-state index in [2.05, 4.69) is 29.4 Å². The first-order valence-corrected chi connectivity index (χ1v) is 12.6. The SMILES string of the molecule is CN1CCCc2cc(CNC(=O)c3cc(S(=O)(=O)N4CCOCC4)c(Cl)cc3Cl)ccc21. The minimum absolute atomic E-state index is 0.0168. The summed E-state index contributed by atoms with van der Waals surface area (Å²) in [7, 11) is -1.80. The summed E-state index contributed by atoms with van der Waals surface area (Å²) in [5, 5.41) is 2.92. The van der Waals surface area contributed by atoms with Gasteiger partial charge in [-0.25, -0.2) is 8.42 Å². The number of sulfonamides is 1. The molecule has 0 atom stereocenters. The molecular formula is C22H25Cl2N3O4S. The molecule has 0 aromatic heterocycles. The Morgan fingerprint density at radius 3 is 2.59 bits per heavy atom. The quantitative estimate of drug-likeness (QED) is 0.685. The molecule has 32 heavy (non-hydrogen) atoms. The van der Waals surface area contributed by atoms with Crippen LogP contribution < -0.4 is 10.2 Å². The van der Waals surface area contributed by atoms with Crippen molar-refractivity contribution in [2.45, 2.75) is 24.3 Å². The number of aryl methyl sites for hydroxylation is 1. The van der Waals surface area contributed by atoms with Gasteiger partial charge in [0.15, 0.2) is 0 Å². The van der Waals surface area contributed by atoms with Gasteiger partial charge in [-0.15, -0.1) is 0 Å². The fourth-order valence-corrected chi connectivity index (χ4v) is 6.29. The molecule has 2 aliphatic heterocycles. The first kappa shape index (κ1) is 23.3. The van der Waals surface area contributed by atoms with E-state index < -0.39 is 15.9 Å². The Morgan fingerprint density at radius 2 is 1.84 bits per heavy atom. The number of fused-ring (bicyclic) bond motifs is 1. The van der Waals surface area contributed by atoms with E-state index in [1.54, 1.807) is 0 Å². The molecule has 0 aliphatic carbocycles.